The van der Waals surface area contributed by atoms with Crippen LogP contribution in [0.3, 0.4) is 0 Å². The van der Waals surface area contributed by atoms with Gasteiger partial charge in [-0.05, 0) is 48.2 Å². The normalized spacial score (nSPS) is 19.0. The molecule has 0 bridgehead atoms. The number of aryl methyl sites for hydroxylation is 2. The highest BCUT2D eigenvalue weighted by molar-refractivity contribution is 5.74. The molecule has 1 atom stereocenters. The van der Waals surface area contributed by atoms with Gasteiger partial charge in [0.15, 0.2) is 0 Å². The van der Waals surface area contributed by atoms with Gasteiger partial charge in [0.25, 0.3) is 0 Å². The maximum absolute atomic E-state index is 9.67. The Morgan fingerprint density at radius 1 is 1.32 bits per heavy atom. The van der Waals surface area contributed by atoms with Crippen molar-refractivity contribution in [3.8, 4) is 11.8 Å². The number of aromatic nitrogens is 1. The predicted octanol–water partition coefficient (Wildman–Crippen LogP) is 3.20. The average Bonchev–Trinajstić information content (AvgIpc) is 3.05. The summed E-state index contributed by atoms with van der Waals surface area (Å²) < 4.78 is 13.3. The minimum absolute atomic E-state index is 0.173. The lowest BCUT2D eigenvalue weighted by atomic mass is 9.78. The fourth-order valence-electron chi connectivity index (χ4n) is 3.77. The summed E-state index contributed by atoms with van der Waals surface area (Å²) in [6, 6.07) is 12.3. The van der Waals surface area contributed by atoms with Crippen molar-refractivity contribution in [2.45, 2.75) is 18.8 Å². The quantitative estimate of drug-likeness (QED) is 0.916. The summed E-state index contributed by atoms with van der Waals surface area (Å²) in [5.74, 6) is 1.55. The van der Waals surface area contributed by atoms with E-state index in [1.54, 1.807) is 7.11 Å². The Bertz CT molecular complexity index is 960. The second-order valence-corrected chi connectivity index (χ2v) is 6.35. The van der Waals surface area contributed by atoms with Crippen LogP contribution in [-0.4, -0.2) is 11.7 Å². The number of benzene rings is 1. The molecule has 5 heteroatoms. The Morgan fingerprint density at radius 2 is 2.16 bits per heavy atom. The van der Waals surface area contributed by atoms with E-state index < -0.39 is 0 Å². The number of nitrogens with two attached hydrogens (primary N) is 1. The highest BCUT2D eigenvalue weighted by Crippen LogP contribution is 2.47. The molecule has 126 valence electrons. The minimum atomic E-state index is -0.173. The number of nitriles is 1. The second-order valence-electron chi connectivity index (χ2n) is 6.35. The molecule has 5 nitrogen and oxygen atoms in total. The van der Waals surface area contributed by atoms with Gasteiger partial charge in [0.1, 0.15) is 23.2 Å². The van der Waals surface area contributed by atoms with E-state index in [-0.39, 0.29) is 11.8 Å². The molecule has 4 rings (SSSR count). The number of allylic oxidation sites excluding steroid dienone is 2. The number of nitrogens with zero attached hydrogens (tertiary/aromatic N) is 2. The average molecular weight is 333 g/mol. The highest BCUT2D eigenvalue weighted by atomic mass is 16.5. The van der Waals surface area contributed by atoms with E-state index in [2.05, 4.69) is 12.1 Å². The molecule has 0 fully saturated rings. The molecular weight excluding hydrogens is 314 g/mol. The number of rotatable bonds is 2. The van der Waals surface area contributed by atoms with E-state index in [0.29, 0.717) is 5.57 Å². The highest BCUT2D eigenvalue weighted by Gasteiger charge is 2.36. The molecule has 0 amide bonds. The van der Waals surface area contributed by atoms with Crippen LogP contribution in [0, 0.1) is 11.3 Å². The van der Waals surface area contributed by atoms with Gasteiger partial charge in [-0.25, -0.2) is 0 Å². The summed E-state index contributed by atoms with van der Waals surface area (Å²) in [7, 11) is 3.63. The van der Waals surface area contributed by atoms with Crippen molar-refractivity contribution < 1.29 is 9.47 Å². The van der Waals surface area contributed by atoms with Gasteiger partial charge in [-0.15, -0.1) is 0 Å². The van der Waals surface area contributed by atoms with Gasteiger partial charge in [-0.1, -0.05) is 6.07 Å². The molecule has 2 heterocycles. The van der Waals surface area contributed by atoms with Crippen molar-refractivity contribution >= 4 is 5.76 Å². The smallest absolute Gasteiger partial charge is 0.205 e. The number of hydrogen-bond acceptors (Lipinski definition) is 4. The van der Waals surface area contributed by atoms with Gasteiger partial charge in [0.2, 0.25) is 5.88 Å². The molecule has 1 unspecified atom stereocenters. The van der Waals surface area contributed by atoms with Crippen molar-refractivity contribution in [3.05, 3.63) is 70.4 Å². The van der Waals surface area contributed by atoms with Gasteiger partial charge in [-0.2, -0.15) is 5.26 Å². The second kappa shape index (κ2) is 5.75. The van der Waals surface area contributed by atoms with Crippen LogP contribution in [0.1, 0.15) is 29.2 Å². The van der Waals surface area contributed by atoms with Crippen molar-refractivity contribution in [3.63, 3.8) is 0 Å². The first-order chi connectivity index (χ1) is 12.1. The minimum Gasteiger partial charge on any atom is -0.497 e. The lowest BCUT2D eigenvalue weighted by molar-refractivity contribution is 0.348. The summed E-state index contributed by atoms with van der Waals surface area (Å²) >= 11 is 0. The topological polar surface area (TPSA) is 73.2 Å². The van der Waals surface area contributed by atoms with Crippen molar-refractivity contribution in [2.24, 2.45) is 12.8 Å². The Hall–Kier alpha value is -3.13. The van der Waals surface area contributed by atoms with E-state index >= 15 is 0 Å². The van der Waals surface area contributed by atoms with Crippen LogP contribution in [0.4, 0.5) is 0 Å². The zero-order valence-electron chi connectivity index (χ0n) is 14.2. The van der Waals surface area contributed by atoms with E-state index in [1.807, 2.05) is 42.1 Å². The molecule has 1 aromatic heterocycles. The van der Waals surface area contributed by atoms with Gasteiger partial charge >= 0.3 is 0 Å². The third-order valence-electron chi connectivity index (χ3n) is 5.03. The van der Waals surface area contributed by atoms with Gasteiger partial charge in [0, 0.05) is 24.5 Å². The molecule has 1 aromatic carbocycles. The molecule has 1 aliphatic heterocycles. The summed E-state index contributed by atoms with van der Waals surface area (Å²) in [4.78, 5) is 0. The Kier molecular flexibility index (Phi) is 3.54. The SMILES string of the molecule is COc1ccc2c(c1)C1=C(CC2)C(c2cccn2C)C(C#N)=C(N)O1. The first kappa shape index (κ1) is 15.4. The molecule has 0 saturated carbocycles. The predicted molar refractivity (Wildman–Crippen MR) is 94.3 cm³/mol. The van der Waals surface area contributed by atoms with E-state index in [9.17, 15) is 5.26 Å². The molecule has 2 N–H and O–H groups in total. The van der Waals surface area contributed by atoms with Crippen LogP contribution in [0.5, 0.6) is 5.75 Å². The molecule has 0 spiro atoms. The summed E-state index contributed by atoms with van der Waals surface area (Å²) in [5.41, 5.74) is 11.0. The van der Waals surface area contributed by atoms with Crippen LogP contribution in [0.15, 0.2) is 53.6 Å². The van der Waals surface area contributed by atoms with Crippen LogP contribution < -0.4 is 10.5 Å². The summed E-state index contributed by atoms with van der Waals surface area (Å²) in [5, 5.41) is 9.67. The molecule has 0 saturated heterocycles. The van der Waals surface area contributed by atoms with Crippen molar-refractivity contribution in [1.29, 1.82) is 5.26 Å². The van der Waals surface area contributed by atoms with Crippen molar-refractivity contribution in [2.75, 3.05) is 7.11 Å². The molecule has 0 radical (unpaired) electrons. The van der Waals surface area contributed by atoms with Gasteiger partial charge < -0.3 is 19.8 Å². The zero-order valence-corrected chi connectivity index (χ0v) is 14.2. The Labute approximate surface area is 146 Å². The standard InChI is InChI=1S/C20H19N3O2/c1-23-9-3-4-17(23)18-14-8-6-12-5-7-13(24-2)10-15(12)19(14)25-20(22)16(18)11-21/h3-5,7,9-10,18H,6,8,22H2,1-2H3. The summed E-state index contributed by atoms with van der Waals surface area (Å²) in [6.07, 6.45) is 3.72. The fourth-order valence-corrected chi connectivity index (χ4v) is 3.77. The van der Waals surface area contributed by atoms with Crippen LogP contribution in [0.2, 0.25) is 0 Å². The number of hydrogen-bond donors (Lipinski definition) is 1. The van der Waals surface area contributed by atoms with E-state index in [1.165, 1.54) is 5.56 Å². The Balaban J connectivity index is 1.93. The summed E-state index contributed by atoms with van der Waals surface area (Å²) in [6.45, 7) is 0. The lowest BCUT2D eigenvalue weighted by Crippen LogP contribution is -2.24. The van der Waals surface area contributed by atoms with Crippen LogP contribution in [0.25, 0.3) is 5.76 Å². The fraction of sp³-hybridized carbons (Fsp3) is 0.250. The maximum Gasteiger partial charge on any atom is 0.205 e. The number of fused-ring (bicyclic) bond motifs is 2. The lowest BCUT2D eigenvalue weighted by Gasteiger charge is -2.33. The van der Waals surface area contributed by atoms with Gasteiger partial charge in [0.05, 0.1) is 13.0 Å². The molecule has 2 aliphatic rings. The van der Waals surface area contributed by atoms with Crippen LogP contribution >= 0.6 is 0 Å². The molecule has 1 aliphatic carbocycles. The maximum atomic E-state index is 9.67. The van der Waals surface area contributed by atoms with E-state index in [4.69, 9.17) is 15.2 Å². The number of ether oxygens (including phenoxy) is 2. The zero-order chi connectivity index (χ0) is 17.6. The molecule has 25 heavy (non-hydrogen) atoms. The first-order valence-corrected chi connectivity index (χ1v) is 8.23. The molecule has 2 aromatic rings. The van der Waals surface area contributed by atoms with Crippen molar-refractivity contribution in [1.82, 2.24) is 4.57 Å². The third-order valence-corrected chi connectivity index (χ3v) is 5.03. The largest absolute Gasteiger partial charge is 0.497 e. The number of methoxy groups -OCH3 is 1. The Morgan fingerprint density at radius 3 is 2.84 bits per heavy atom. The first-order valence-electron chi connectivity index (χ1n) is 8.23. The van der Waals surface area contributed by atoms with E-state index in [0.717, 1.165) is 41.2 Å². The molecular formula is C20H19N3O2. The van der Waals surface area contributed by atoms with Gasteiger partial charge in [-0.3, -0.25) is 0 Å². The third kappa shape index (κ3) is 2.30. The van der Waals surface area contributed by atoms with Crippen LogP contribution in [-0.2, 0) is 18.2 Å². The monoisotopic (exact) mass is 333 g/mol.